The van der Waals surface area contributed by atoms with Crippen molar-refractivity contribution in [2.75, 3.05) is 0 Å². The fourth-order valence-corrected chi connectivity index (χ4v) is 3.03. The van der Waals surface area contributed by atoms with Crippen LogP contribution in [-0.2, 0) is 0 Å². The van der Waals surface area contributed by atoms with Crippen LogP contribution in [0, 0.1) is 25.5 Å². The normalized spacial score (nSPS) is 9.83. The van der Waals surface area contributed by atoms with Gasteiger partial charge < -0.3 is 10.2 Å². The molecule has 2 N–H and O–H groups in total. The van der Waals surface area contributed by atoms with Gasteiger partial charge in [-0.15, -0.1) is 0 Å². The van der Waals surface area contributed by atoms with Gasteiger partial charge in [-0.3, -0.25) is 19.6 Å². The standard InChI is InChI=1S/2C13H10FNO2.C2H6/c1-8-4-9(2-3-12(16)13(8)17)10-5-11(14)7-15-6-10;1-8-2-3-9(5-12(16)13(8)17)10-4-11(14)7-15-6-10;1-2/h2*2-7H,1H3,(H,16,17);1-2H3. The molecule has 36 heavy (non-hydrogen) atoms. The van der Waals surface area contributed by atoms with E-state index in [0.29, 0.717) is 33.4 Å². The molecule has 4 rings (SSSR count). The average molecular weight is 493 g/mol. The summed E-state index contributed by atoms with van der Waals surface area (Å²) in [7, 11) is 0. The molecule has 0 amide bonds. The van der Waals surface area contributed by atoms with Gasteiger partial charge in [0.25, 0.3) is 0 Å². The van der Waals surface area contributed by atoms with Crippen molar-refractivity contribution in [2.45, 2.75) is 27.7 Å². The molecule has 0 saturated heterocycles. The summed E-state index contributed by atoms with van der Waals surface area (Å²) in [5.74, 6) is -1.50. The van der Waals surface area contributed by atoms with E-state index in [-0.39, 0.29) is 11.5 Å². The highest BCUT2D eigenvalue weighted by molar-refractivity contribution is 5.64. The fraction of sp³-hybridized carbons (Fsp3) is 0.143. The van der Waals surface area contributed by atoms with Crippen LogP contribution >= 0.6 is 0 Å². The second-order valence-corrected chi connectivity index (χ2v) is 7.44. The highest BCUT2D eigenvalue weighted by Gasteiger charge is 2.05. The van der Waals surface area contributed by atoms with E-state index in [1.165, 1.54) is 42.7 Å². The van der Waals surface area contributed by atoms with Gasteiger partial charge in [0.2, 0.25) is 10.9 Å². The molecule has 2 aromatic heterocycles. The van der Waals surface area contributed by atoms with Crippen molar-refractivity contribution < 1.29 is 19.0 Å². The highest BCUT2D eigenvalue weighted by atomic mass is 19.1. The van der Waals surface area contributed by atoms with E-state index >= 15 is 0 Å². The molecule has 0 unspecified atom stereocenters. The molecule has 6 nitrogen and oxygen atoms in total. The van der Waals surface area contributed by atoms with E-state index < -0.39 is 22.5 Å². The average Bonchev–Trinajstić information content (AvgIpc) is 3.09. The number of nitrogens with zero attached hydrogens (tertiary/aromatic N) is 2. The smallest absolute Gasteiger partial charge is 0.221 e. The molecule has 0 bridgehead atoms. The van der Waals surface area contributed by atoms with Crippen molar-refractivity contribution >= 4 is 0 Å². The van der Waals surface area contributed by atoms with Gasteiger partial charge in [-0.25, -0.2) is 8.78 Å². The summed E-state index contributed by atoms with van der Waals surface area (Å²) in [4.78, 5) is 30.4. The first-order valence-corrected chi connectivity index (χ1v) is 11.1. The molecule has 0 atom stereocenters. The zero-order valence-corrected chi connectivity index (χ0v) is 20.3. The van der Waals surface area contributed by atoms with Crippen LogP contribution in [0.2, 0.25) is 0 Å². The number of aromatic nitrogens is 2. The van der Waals surface area contributed by atoms with E-state index in [9.17, 15) is 28.6 Å². The lowest BCUT2D eigenvalue weighted by Crippen LogP contribution is -1.95. The van der Waals surface area contributed by atoms with Crippen LogP contribution in [0.1, 0.15) is 25.0 Å². The zero-order valence-electron chi connectivity index (χ0n) is 20.3. The Bertz CT molecular complexity index is 1480. The lowest BCUT2D eigenvalue weighted by atomic mass is 10.1. The van der Waals surface area contributed by atoms with E-state index in [0.717, 1.165) is 12.4 Å². The maximum Gasteiger partial charge on any atom is 0.221 e. The molecule has 2 aromatic carbocycles. The van der Waals surface area contributed by atoms with Crippen molar-refractivity contribution in [1.82, 2.24) is 9.97 Å². The number of pyridine rings is 2. The van der Waals surface area contributed by atoms with Gasteiger partial charge >= 0.3 is 0 Å². The molecular weight excluding hydrogens is 466 g/mol. The van der Waals surface area contributed by atoms with Gasteiger partial charge in [0.05, 0.1) is 12.4 Å². The van der Waals surface area contributed by atoms with E-state index in [2.05, 4.69) is 9.97 Å². The summed E-state index contributed by atoms with van der Waals surface area (Å²) in [6.45, 7) is 7.25. The number of hydrogen-bond donors (Lipinski definition) is 2. The van der Waals surface area contributed by atoms with Crippen LogP contribution in [-0.4, -0.2) is 20.2 Å². The zero-order chi connectivity index (χ0) is 26.8. The van der Waals surface area contributed by atoms with Crippen LogP contribution in [0.3, 0.4) is 0 Å². The number of hydrogen-bond acceptors (Lipinski definition) is 6. The van der Waals surface area contributed by atoms with Crippen molar-refractivity contribution in [3.8, 4) is 33.8 Å². The molecule has 0 spiro atoms. The summed E-state index contributed by atoms with van der Waals surface area (Å²) < 4.78 is 26.0. The fourth-order valence-electron chi connectivity index (χ4n) is 3.03. The molecule has 0 aliphatic carbocycles. The first-order chi connectivity index (χ1) is 17.2. The van der Waals surface area contributed by atoms with Crippen molar-refractivity contribution in [1.29, 1.82) is 0 Å². The van der Waals surface area contributed by atoms with Crippen molar-refractivity contribution in [3.05, 3.63) is 117 Å². The molecule has 2 heterocycles. The molecule has 0 aliphatic heterocycles. The SMILES string of the molecule is CC.Cc1cc(-c2cncc(F)c2)ccc(=O)c1O.Cc1ccc(-c2cncc(F)c2)cc(=O)c1O. The molecule has 0 saturated carbocycles. The Morgan fingerprint density at radius 3 is 1.58 bits per heavy atom. The van der Waals surface area contributed by atoms with Crippen LogP contribution in [0.25, 0.3) is 22.3 Å². The minimum Gasteiger partial charge on any atom is -0.504 e. The molecule has 0 fully saturated rings. The van der Waals surface area contributed by atoms with Crippen LogP contribution in [0.4, 0.5) is 8.78 Å². The Balaban J connectivity index is 0.000000237. The maximum absolute atomic E-state index is 13.0. The summed E-state index contributed by atoms with van der Waals surface area (Å²) in [5.41, 5.74) is 2.17. The predicted octanol–water partition coefficient (Wildman–Crippen LogP) is 5.55. The quantitative estimate of drug-likeness (QED) is 0.381. The third kappa shape index (κ3) is 7.27. The first-order valence-electron chi connectivity index (χ1n) is 11.1. The summed E-state index contributed by atoms with van der Waals surface area (Å²) in [5, 5.41) is 19.0. The largest absolute Gasteiger partial charge is 0.504 e. The molecule has 0 aliphatic rings. The maximum atomic E-state index is 13.0. The minimum absolute atomic E-state index is 0.291. The second-order valence-electron chi connectivity index (χ2n) is 7.44. The summed E-state index contributed by atoms with van der Waals surface area (Å²) in [6.07, 6.45) is 5.16. The summed E-state index contributed by atoms with van der Waals surface area (Å²) >= 11 is 0. The van der Waals surface area contributed by atoms with E-state index in [1.54, 1.807) is 32.0 Å². The number of aryl methyl sites for hydroxylation is 2. The van der Waals surface area contributed by atoms with Gasteiger partial charge in [-0.1, -0.05) is 32.0 Å². The van der Waals surface area contributed by atoms with Crippen molar-refractivity contribution in [3.63, 3.8) is 0 Å². The Morgan fingerprint density at radius 1 is 0.583 bits per heavy atom. The van der Waals surface area contributed by atoms with Crippen molar-refractivity contribution in [2.24, 2.45) is 0 Å². The van der Waals surface area contributed by atoms with E-state index in [4.69, 9.17) is 0 Å². The van der Waals surface area contributed by atoms with Gasteiger partial charge in [-0.05, 0) is 66.4 Å². The Morgan fingerprint density at radius 2 is 1.06 bits per heavy atom. The molecule has 4 aromatic rings. The van der Waals surface area contributed by atoms with Gasteiger partial charge in [0.15, 0.2) is 11.5 Å². The van der Waals surface area contributed by atoms with Gasteiger partial charge in [0.1, 0.15) is 11.6 Å². The Kier molecular flexibility index (Phi) is 9.92. The topological polar surface area (TPSA) is 100 Å². The van der Waals surface area contributed by atoms with Crippen LogP contribution in [0.5, 0.6) is 11.5 Å². The molecule has 0 radical (unpaired) electrons. The lowest BCUT2D eigenvalue weighted by Gasteiger charge is -1.98. The molecule has 186 valence electrons. The third-order valence-electron chi connectivity index (χ3n) is 4.88. The van der Waals surface area contributed by atoms with Crippen LogP contribution in [0.15, 0.2) is 82.9 Å². The molecular formula is C28H26F2N2O4. The van der Waals surface area contributed by atoms with Gasteiger partial charge in [-0.2, -0.15) is 0 Å². The highest BCUT2D eigenvalue weighted by Crippen LogP contribution is 2.21. The van der Waals surface area contributed by atoms with Gasteiger partial charge in [0, 0.05) is 23.5 Å². The third-order valence-corrected chi connectivity index (χ3v) is 4.88. The number of halogens is 2. The lowest BCUT2D eigenvalue weighted by molar-refractivity contribution is 0.466. The summed E-state index contributed by atoms with van der Waals surface area (Å²) in [6, 6.07) is 11.5. The first kappa shape index (κ1) is 27.8. The number of rotatable bonds is 2. The minimum atomic E-state index is -0.494. The Labute approximate surface area is 207 Å². The monoisotopic (exact) mass is 492 g/mol. The predicted molar refractivity (Wildman–Crippen MR) is 136 cm³/mol. The van der Waals surface area contributed by atoms with Crippen LogP contribution < -0.4 is 10.9 Å². The Hall–Kier alpha value is -4.46. The molecule has 8 heteroatoms. The second kappa shape index (κ2) is 12.9. The van der Waals surface area contributed by atoms with E-state index in [1.807, 2.05) is 13.8 Å². The number of aromatic hydroxyl groups is 2.